The van der Waals surface area contributed by atoms with Gasteiger partial charge in [-0.2, -0.15) is 0 Å². The second kappa shape index (κ2) is 7.99. The number of aryl methyl sites for hydroxylation is 1. The summed E-state index contributed by atoms with van der Waals surface area (Å²) in [6.07, 6.45) is 8.50. The SMILES string of the molecule is COc1cc(F)c(Br)cc1CCCCCCNC1CC1. The minimum Gasteiger partial charge on any atom is -0.496 e. The van der Waals surface area contributed by atoms with Crippen molar-refractivity contribution >= 4 is 15.9 Å². The maximum Gasteiger partial charge on any atom is 0.141 e. The molecule has 1 aliphatic rings. The van der Waals surface area contributed by atoms with Gasteiger partial charge in [-0.25, -0.2) is 4.39 Å². The highest BCUT2D eigenvalue weighted by Gasteiger charge is 2.19. The predicted octanol–water partition coefficient (Wildman–Crippen LogP) is 4.45. The van der Waals surface area contributed by atoms with Crippen LogP contribution >= 0.6 is 15.9 Å². The summed E-state index contributed by atoms with van der Waals surface area (Å²) in [5, 5.41) is 3.53. The van der Waals surface area contributed by atoms with Gasteiger partial charge in [0.1, 0.15) is 11.6 Å². The third-order valence-corrected chi connectivity index (χ3v) is 4.31. The van der Waals surface area contributed by atoms with E-state index in [-0.39, 0.29) is 5.82 Å². The molecule has 2 rings (SSSR count). The Kier molecular flexibility index (Phi) is 6.30. The van der Waals surface area contributed by atoms with Gasteiger partial charge >= 0.3 is 0 Å². The Bertz CT molecular complexity index is 435. The normalized spacial score (nSPS) is 14.6. The van der Waals surface area contributed by atoms with Gasteiger partial charge in [0.25, 0.3) is 0 Å². The quantitative estimate of drug-likeness (QED) is 0.668. The molecule has 0 aromatic heterocycles. The first kappa shape index (κ1) is 15.8. The number of benzene rings is 1. The molecule has 0 spiro atoms. The van der Waals surface area contributed by atoms with Gasteiger partial charge in [-0.1, -0.05) is 12.8 Å². The van der Waals surface area contributed by atoms with Crippen molar-refractivity contribution in [3.8, 4) is 5.75 Å². The molecule has 112 valence electrons. The third-order valence-electron chi connectivity index (χ3n) is 3.71. The molecule has 1 N–H and O–H groups in total. The van der Waals surface area contributed by atoms with Crippen LogP contribution in [0.25, 0.3) is 0 Å². The molecule has 0 heterocycles. The minimum atomic E-state index is -0.267. The lowest BCUT2D eigenvalue weighted by Gasteiger charge is -2.10. The lowest BCUT2D eigenvalue weighted by Crippen LogP contribution is -2.17. The molecule has 1 aromatic rings. The van der Waals surface area contributed by atoms with Crippen LogP contribution in [0.2, 0.25) is 0 Å². The second-order valence-electron chi connectivity index (χ2n) is 5.47. The van der Waals surface area contributed by atoms with Crippen molar-refractivity contribution in [2.24, 2.45) is 0 Å². The summed E-state index contributed by atoms with van der Waals surface area (Å²) in [4.78, 5) is 0. The van der Waals surface area contributed by atoms with Gasteiger partial charge in [-0.05, 0) is 66.2 Å². The first-order valence-electron chi connectivity index (χ1n) is 7.46. The van der Waals surface area contributed by atoms with Crippen LogP contribution in [0.3, 0.4) is 0 Å². The number of unbranched alkanes of at least 4 members (excludes halogenated alkanes) is 3. The molecule has 0 atom stereocenters. The van der Waals surface area contributed by atoms with Gasteiger partial charge in [0.05, 0.1) is 11.6 Å². The van der Waals surface area contributed by atoms with Crippen LogP contribution in [0.4, 0.5) is 4.39 Å². The van der Waals surface area contributed by atoms with Gasteiger partial charge in [0.2, 0.25) is 0 Å². The Hall–Kier alpha value is -0.610. The van der Waals surface area contributed by atoms with Crippen LogP contribution in [0.5, 0.6) is 5.75 Å². The highest BCUT2D eigenvalue weighted by molar-refractivity contribution is 9.10. The topological polar surface area (TPSA) is 21.3 Å². The average Bonchev–Trinajstić information content (AvgIpc) is 3.25. The van der Waals surface area contributed by atoms with Crippen molar-refractivity contribution in [3.05, 3.63) is 28.0 Å². The van der Waals surface area contributed by atoms with Crippen molar-refractivity contribution in [1.29, 1.82) is 0 Å². The zero-order chi connectivity index (χ0) is 14.4. The number of rotatable bonds is 9. The molecule has 2 nitrogen and oxygen atoms in total. The first-order valence-corrected chi connectivity index (χ1v) is 8.25. The first-order chi connectivity index (χ1) is 9.70. The van der Waals surface area contributed by atoms with Crippen molar-refractivity contribution in [3.63, 3.8) is 0 Å². The standard InChI is InChI=1S/C16H23BrFNO/c1-20-16-11-15(18)14(17)10-12(16)6-4-2-3-5-9-19-13-7-8-13/h10-11,13,19H,2-9H2,1H3. The Morgan fingerprint density at radius 3 is 2.70 bits per heavy atom. The fourth-order valence-electron chi connectivity index (χ4n) is 2.34. The molecule has 0 amide bonds. The molecule has 0 bridgehead atoms. The molecule has 0 saturated heterocycles. The number of nitrogens with one attached hydrogen (secondary N) is 1. The van der Waals surface area contributed by atoms with Gasteiger partial charge < -0.3 is 10.1 Å². The van der Waals surface area contributed by atoms with E-state index in [1.165, 1.54) is 38.2 Å². The summed E-state index contributed by atoms with van der Waals surface area (Å²) in [6.45, 7) is 1.15. The van der Waals surface area contributed by atoms with Crippen LogP contribution in [0.1, 0.15) is 44.1 Å². The molecule has 0 aliphatic heterocycles. The van der Waals surface area contributed by atoms with E-state index in [4.69, 9.17) is 4.74 Å². The fraction of sp³-hybridized carbons (Fsp3) is 0.625. The maximum atomic E-state index is 13.4. The number of halogens is 2. The zero-order valence-electron chi connectivity index (χ0n) is 12.1. The average molecular weight is 344 g/mol. The van der Waals surface area contributed by atoms with Gasteiger partial charge in [-0.15, -0.1) is 0 Å². The van der Waals surface area contributed by atoms with Crippen molar-refractivity contribution in [2.45, 2.75) is 51.0 Å². The number of methoxy groups -OCH3 is 1. The van der Waals surface area contributed by atoms with Gasteiger partial charge in [-0.3, -0.25) is 0 Å². The fourth-order valence-corrected chi connectivity index (χ4v) is 2.73. The van der Waals surface area contributed by atoms with Gasteiger partial charge in [0.15, 0.2) is 0 Å². The summed E-state index contributed by atoms with van der Waals surface area (Å²) in [6, 6.07) is 4.11. The van der Waals surface area contributed by atoms with Crippen LogP contribution in [-0.4, -0.2) is 19.7 Å². The highest BCUT2D eigenvalue weighted by atomic mass is 79.9. The van der Waals surface area contributed by atoms with E-state index in [9.17, 15) is 4.39 Å². The number of hydrogen-bond acceptors (Lipinski definition) is 2. The Labute approximate surface area is 129 Å². The van der Waals surface area contributed by atoms with E-state index >= 15 is 0 Å². The monoisotopic (exact) mass is 343 g/mol. The van der Waals surface area contributed by atoms with Crippen molar-refractivity contribution < 1.29 is 9.13 Å². The smallest absolute Gasteiger partial charge is 0.141 e. The Balaban J connectivity index is 1.66. The molecular weight excluding hydrogens is 321 g/mol. The Morgan fingerprint density at radius 2 is 2.00 bits per heavy atom. The summed E-state index contributed by atoms with van der Waals surface area (Å²) in [5.74, 6) is 0.387. The van der Waals surface area contributed by atoms with E-state index in [1.807, 2.05) is 6.07 Å². The molecule has 1 aliphatic carbocycles. The summed E-state index contributed by atoms with van der Waals surface area (Å²) in [7, 11) is 1.59. The zero-order valence-corrected chi connectivity index (χ0v) is 13.6. The second-order valence-corrected chi connectivity index (χ2v) is 6.33. The third kappa shape index (κ3) is 5.06. The maximum absolute atomic E-state index is 13.4. The van der Waals surface area contributed by atoms with Crippen LogP contribution < -0.4 is 10.1 Å². The molecule has 0 unspecified atom stereocenters. The van der Waals surface area contributed by atoms with Crippen molar-refractivity contribution in [2.75, 3.05) is 13.7 Å². The molecular formula is C16H23BrFNO. The molecule has 0 radical (unpaired) electrons. The van der Waals surface area contributed by atoms with Gasteiger partial charge in [0, 0.05) is 12.1 Å². The Morgan fingerprint density at radius 1 is 1.25 bits per heavy atom. The molecule has 4 heteroatoms. The van der Waals surface area contributed by atoms with Crippen molar-refractivity contribution in [1.82, 2.24) is 5.32 Å². The molecule has 1 saturated carbocycles. The van der Waals surface area contributed by atoms with Crippen LogP contribution in [-0.2, 0) is 6.42 Å². The number of hydrogen-bond donors (Lipinski definition) is 1. The van der Waals surface area contributed by atoms with Crippen LogP contribution in [0.15, 0.2) is 16.6 Å². The lowest BCUT2D eigenvalue weighted by molar-refractivity contribution is 0.404. The highest BCUT2D eigenvalue weighted by Crippen LogP contribution is 2.27. The van der Waals surface area contributed by atoms with Crippen LogP contribution in [0, 0.1) is 5.82 Å². The lowest BCUT2D eigenvalue weighted by atomic mass is 10.0. The largest absolute Gasteiger partial charge is 0.496 e. The van der Waals surface area contributed by atoms with E-state index in [0.29, 0.717) is 10.2 Å². The van der Waals surface area contributed by atoms with E-state index in [0.717, 1.165) is 31.0 Å². The predicted molar refractivity (Wildman–Crippen MR) is 83.8 cm³/mol. The number of ether oxygens (including phenoxy) is 1. The minimum absolute atomic E-state index is 0.267. The summed E-state index contributed by atoms with van der Waals surface area (Å²) >= 11 is 3.23. The van der Waals surface area contributed by atoms with E-state index < -0.39 is 0 Å². The van der Waals surface area contributed by atoms with E-state index in [2.05, 4.69) is 21.2 Å². The molecule has 1 fully saturated rings. The van der Waals surface area contributed by atoms with E-state index in [1.54, 1.807) is 7.11 Å². The summed E-state index contributed by atoms with van der Waals surface area (Å²) < 4.78 is 19.2. The molecule has 1 aromatic carbocycles. The molecule has 20 heavy (non-hydrogen) atoms. The summed E-state index contributed by atoms with van der Waals surface area (Å²) in [5.41, 5.74) is 1.08.